The Labute approximate surface area is 166 Å². The van der Waals surface area contributed by atoms with Gasteiger partial charge < -0.3 is 10.1 Å². The molecule has 1 atom stereocenters. The Morgan fingerprint density at radius 2 is 1.96 bits per heavy atom. The van der Waals surface area contributed by atoms with Crippen molar-refractivity contribution in [1.82, 2.24) is 4.31 Å². The normalized spacial score (nSPS) is 17.9. The number of rotatable bonds is 6. The molecule has 6 nitrogen and oxygen atoms in total. The molecular formula is C21H26N2O4S. The second-order valence-corrected chi connectivity index (χ2v) is 9.23. The summed E-state index contributed by atoms with van der Waals surface area (Å²) in [6, 6.07) is 13.7. The second-order valence-electron chi connectivity index (χ2n) is 7.29. The van der Waals surface area contributed by atoms with Gasteiger partial charge in [-0.3, -0.25) is 4.79 Å². The molecule has 1 N–H and O–H groups in total. The van der Waals surface area contributed by atoms with Gasteiger partial charge in [0.1, 0.15) is 5.75 Å². The van der Waals surface area contributed by atoms with Crippen LogP contribution < -0.4 is 10.1 Å². The van der Waals surface area contributed by atoms with Gasteiger partial charge in [0.2, 0.25) is 10.0 Å². The lowest BCUT2D eigenvalue weighted by atomic mass is 10.0. The van der Waals surface area contributed by atoms with Crippen molar-refractivity contribution in [2.24, 2.45) is 5.92 Å². The highest BCUT2D eigenvalue weighted by Gasteiger charge is 2.28. The van der Waals surface area contributed by atoms with Gasteiger partial charge >= 0.3 is 0 Å². The summed E-state index contributed by atoms with van der Waals surface area (Å²) in [5, 5.41) is 2.72. The number of nitrogens with one attached hydrogen (secondary N) is 1. The Morgan fingerprint density at radius 3 is 2.64 bits per heavy atom. The largest absolute Gasteiger partial charge is 0.484 e. The van der Waals surface area contributed by atoms with Crippen molar-refractivity contribution in [2.75, 3.05) is 25.0 Å². The number of hydrogen-bond acceptors (Lipinski definition) is 4. The molecule has 2 aromatic carbocycles. The van der Waals surface area contributed by atoms with E-state index in [-0.39, 0.29) is 17.4 Å². The average Bonchev–Trinajstić information content (AvgIpc) is 2.67. The van der Waals surface area contributed by atoms with E-state index >= 15 is 0 Å². The quantitative estimate of drug-likeness (QED) is 0.803. The first-order valence-electron chi connectivity index (χ1n) is 9.44. The van der Waals surface area contributed by atoms with Crippen LogP contribution in [0.3, 0.4) is 0 Å². The summed E-state index contributed by atoms with van der Waals surface area (Å²) in [5.74, 6) is 0.699. The first-order chi connectivity index (χ1) is 13.3. The summed E-state index contributed by atoms with van der Waals surface area (Å²) in [6.07, 6.45) is 1.94. The van der Waals surface area contributed by atoms with Crippen LogP contribution in [0.1, 0.15) is 25.3 Å². The summed E-state index contributed by atoms with van der Waals surface area (Å²) in [5.41, 5.74) is 1.58. The number of hydrogen-bond donors (Lipinski definition) is 1. The highest BCUT2D eigenvalue weighted by atomic mass is 32.2. The number of carbonyl (C=O) groups is 1. The van der Waals surface area contributed by atoms with E-state index in [0.717, 1.165) is 18.4 Å². The van der Waals surface area contributed by atoms with Gasteiger partial charge in [-0.05, 0) is 67.6 Å². The molecule has 3 rings (SSSR count). The zero-order valence-corrected chi connectivity index (χ0v) is 17.0. The SMILES string of the molecule is Cc1cccc(OCC(=O)Nc2ccc(S(=O)(=O)N3CCC[C@@H](C)C3)cc2)c1. The van der Waals surface area contributed by atoms with Crippen LogP contribution in [-0.2, 0) is 14.8 Å². The number of piperidine rings is 1. The number of carbonyl (C=O) groups excluding carboxylic acids is 1. The van der Waals surface area contributed by atoms with Crippen molar-refractivity contribution in [3.63, 3.8) is 0 Å². The third kappa shape index (κ3) is 5.11. The fraction of sp³-hybridized carbons (Fsp3) is 0.381. The van der Waals surface area contributed by atoms with Crippen LogP contribution in [0.4, 0.5) is 5.69 Å². The molecule has 28 heavy (non-hydrogen) atoms. The van der Waals surface area contributed by atoms with Crippen LogP contribution in [0.25, 0.3) is 0 Å². The lowest BCUT2D eigenvalue weighted by Gasteiger charge is -2.30. The maximum atomic E-state index is 12.8. The van der Waals surface area contributed by atoms with Gasteiger partial charge in [-0.15, -0.1) is 0 Å². The number of aryl methyl sites for hydroxylation is 1. The predicted octanol–water partition coefficient (Wildman–Crippen LogP) is 3.43. The third-order valence-electron chi connectivity index (χ3n) is 4.76. The summed E-state index contributed by atoms with van der Waals surface area (Å²) >= 11 is 0. The topological polar surface area (TPSA) is 75.7 Å². The molecule has 0 radical (unpaired) electrons. The highest BCUT2D eigenvalue weighted by molar-refractivity contribution is 7.89. The molecule has 1 aliphatic heterocycles. The Bertz CT molecular complexity index is 926. The first-order valence-corrected chi connectivity index (χ1v) is 10.9. The van der Waals surface area contributed by atoms with E-state index in [0.29, 0.717) is 30.4 Å². The molecule has 1 fully saturated rings. The van der Waals surface area contributed by atoms with Gasteiger partial charge in [0, 0.05) is 18.8 Å². The Kier molecular flexibility index (Phi) is 6.36. The summed E-state index contributed by atoms with van der Waals surface area (Å²) in [7, 11) is -3.49. The van der Waals surface area contributed by atoms with Gasteiger partial charge in [0.25, 0.3) is 5.91 Å². The lowest BCUT2D eigenvalue weighted by Crippen LogP contribution is -2.39. The van der Waals surface area contributed by atoms with Crippen molar-refractivity contribution in [1.29, 1.82) is 0 Å². The van der Waals surface area contributed by atoms with E-state index < -0.39 is 10.0 Å². The van der Waals surface area contributed by atoms with Crippen LogP contribution in [0.2, 0.25) is 0 Å². The molecule has 150 valence electrons. The number of ether oxygens (including phenoxy) is 1. The monoisotopic (exact) mass is 402 g/mol. The average molecular weight is 403 g/mol. The minimum absolute atomic E-state index is 0.116. The molecule has 0 unspecified atom stereocenters. The first kappa shape index (κ1) is 20.4. The molecule has 0 saturated carbocycles. The van der Waals surface area contributed by atoms with Crippen molar-refractivity contribution < 1.29 is 17.9 Å². The van der Waals surface area contributed by atoms with Crippen LogP contribution in [0.15, 0.2) is 53.4 Å². The van der Waals surface area contributed by atoms with Gasteiger partial charge in [-0.2, -0.15) is 4.31 Å². The van der Waals surface area contributed by atoms with Gasteiger partial charge in [-0.25, -0.2) is 8.42 Å². The lowest BCUT2D eigenvalue weighted by molar-refractivity contribution is -0.118. The maximum Gasteiger partial charge on any atom is 0.262 e. The van der Waals surface area contributed by atoms with Gasteiger partial charge in [0.05, 0.1) is 4.90 Å². The van der Waals surface area contributed by atoms with Crippen molar-refractivity contribution in [3.05, 3.63) is 54.1 Å². The van der Waals surface area contributed by atoms with Crippen molar-refractivity contribution in [2.45, 2.75) is 31.6 Å². The molecule has 0 spiro atoms. The van der Waals surface area contributed by atoms with E-state index in [1.807, 2.05) is 25.1 Å². The van der Waals surface area contributed by atoms with Crippen LogP contribution >= 0.6 is 0 Å². The Morgan fingerprint density at radius 1 is 1.21 bits per heavy atom. The maximum absolute atomic E-state index is 12.8. The minimum atomic E-state index is -3.49. The number of amides is 1. The molecule has 0 aromatic heterocycles. The summed E-state index contributed by atoms with van der Waals surface area (Å²) in [4.78, 5) is 12.3. The number of anilines is 1. The van der Waals surface area contributed by atoms with E-state index in [4.69, 9.17) is 4.74 Å². The van der Waals surface area contributed by atoms with E-state index in [1.165, 1.54) is 12.1 Å². The fourth-order valence-electron chi connectivity index (χ4n) is 3.27. The van der Waals surface area contributed by atoms with E-state index in [2.05, 4.69) is 12.2 Å². The van der Waals surface area contributed by atoms with Crippen LogP contribution in [0.5, 0.6) is 5.75 Å². The fourth-order valence-corrected chi connectivity index (χ4v) is 4.87. The standard InChI is InChI=1S/C21H26N2O4S/c1-16-5-3-7-19(13-16)27-15-21(24)22-18-8-10-20(11-9-18)28(25,26)23-12-4-6-17(2)14-23/h3,5,7-11,13,17H,4,6,12,14-15H2,1-2H3,(H,22,24)/t17-/m1/s1. The third-order valence-corrected chi connectivity index (χ3v) is 6.63. The van der Waals surface area contributed by atoms with E-state index in [1.54, 1.807) is 22.5 Å². The molecule has 1 heterocycles. The van der Waals surface area contributed by atoms with Crippen LogP contribution in [-0.4, -0.2) is 38.3 Å². The Hall–Kier alpha value is -2.38. The Balaban J connectivity index is 1.58. The number of benzene rings is 2. The zero-order chi connectivity index (χ0) is 20.1. The van der Waals surface area contributed by atoms with Crippen molar-refractivity contribution in [3.8, 4) is 5.75 Å². The van der Waals surface area contributed by atoms with E-state index in [9.17, 15) is 13.2 Å². The molecule has 0 aliphatic carbocycles. The van der Waals surface area contributed by atoms with Crippen molar-refractivity contribution >= 4 is 21.6 Å². The molecule has 2 aromatic rings. The van der Waals surface area contributed by atoms with Crippen LogP contribution in [0, 0.1) is 12.8 Å². The summed E-state index contributed by atoms with van der Waals surface area (Å²) < 4.78 is 32.6. The van der Waals surface area contributed by atoms with Gasteiger partial charge in [0.15, 0.2) is 6.61 Å². The predicted molar refractivity (Wildman–Crippen MR) is 109 cm³/mol. The number of sulfonamides is 1. The smallest absolute Gasteiger partial charge is 0.262 e. The zero-order valence-electron chi connectivity index (χ0n) is 16.2. The molecular weight excluding hydrogens is 376 g/mol. The molecule has 7 heteroatoms. The summed E-state index contributed by atoms with van der Waals surface area (Å²) in [6.45, 7) is 5.01. The minimum Gasteiger partial charge on any atom is -0.484 e. The molecule has 1 aliphatic rings. The molecule has 0 bridgehead atoms. The molecule has 1 saturated heterocycles. The highest BCUT2D eigenvalue weighted by Crippen LogP contribution is 2.24. The second kappa shape index (κ2) is 8.75. The number of nitrogens with zero attached hydrogens (tertiary/aromatic N) is 1. The molecule has 1 amide bonds. The van der Waals surface area contributed by atoms with Gasteiger partial charge in [-0.1, -0.05) is 19.1 Å².